The lowest BCUT2D eigenvalue weighted by molar-refractivity contribution is 0.0445. The summed E-state index contributed by atoms with van der Waals surface area (Å²) < 4.78 is 60.3. The zero-order valence-corrected chi connectivity index (χ0v) is 27.2. The van der Waals surface area contributed by atoms with Crippen molar-refractivity contribution in [3.8, 4) is 17.1 Å². The minimum atomic E-state index is -0.946. The van der Waals surface area contributed by atoms with E-state index in [0.717, 1.165) is 25.8 Å². The molecule has 10 nitrogen and oxygen atoms in total. The van der Waals surface area contributed by atoms with E-state index in [4.69, 9.17) is 26.1 Å². The largest absolute Gasteiger partial charge is 0.461 e. The molecule has 14 heteroatoms. The molecule has 48 heavy (non-hydrogen) atoms. The van der Waals surface area contributed by atoms with Gasteiger partial charge in [-0.1, -0.05) is 18.5 Å². The fourth-order valence-electron chi connectivity index (χ4n) is 8.78. The van der Waals surface area contributed by atoms with Gasteiger partial charge in [-0.3, -0.25) is 10.00 Å². The Morgan fingerprint density at radius 1 is 1.15 bits per heavy atom. The van der Waals surface area contributed by atoms with Gasteiger partial charge in [0.2, 0.25) is 0 Å². The number of alkyl carbamates (subject to hydrolysis) is 1. The molecule has 5 aliphatic rings. The van der Waals surface area contributed by atoms with Gasteiger partial charge in [0.05, 0.1) is 35.9 Å². The van der Waals surface area contributed by atoms with Crippen LogP contribution in [0.4, 0.5) is 23.8 Å². The first kappa shape index (κ1) is 30.2. The molecule has 9 rings (SSSR count). The maximum Gasteiger partial charge on any atom is 0.407 e. The van der Waals surface area contributed by atoms with Crippen LogP contribution < -0.4 is 15.0 Å². The first-order chi connectivity index (χ1) is 23.1. The number of carbonyl (C=O) groups excluding carboxylic acids is 1. The van der Waals surface area contributed by atoms with Crippen LogP contribution in [0.3, 0.4) is 0 Å². The molecule has 4 saturated heterocycles. The van der Waals surface area contributed by atoms with E-state index >= 15 is 8.78 Å². The molecule has 1 amide bonds. The Labute approximate surface area is 279 Å². The molecule has 1 saturated carbocycles. The van der Waals surface area contributed by atoms with Crippen molar-refractivity contribution in [3.63, 3.8) is 0 Å². The number of aromatic amines is 1. The van der Waals surface area contributed by atoms with Crippen molar-refractivity contribution in [3.05, 3.63) is 40.6 Å². The predicted molar refractivity (Wildman–Crippen MR) is 173 cm³/mol. The number of nitrogens with zero attached hydrogens (tertiary/aromatic N) is 5. The molecule has 4 aromatic rings. The number of halogens is 4. The van der Waals surface area contributed by atoms with Crippen LogP contribution in [0.25, 0.3) is 32.9 Å². The molecule has 0 bridgehead atoms. The van der Waals surface area contributed by atoms with Crippen LogP contribution in [0.1, 0.15) is 56.9 Å². The molecule has 252 valence electrons. The first-order valence-electron chi connectivity index (χ1n) is 16.7. The maximum atomic E-state index is 17.2. The number of carbonyl (C=O) groups is 1. The second kappa shape index (κ2) is 10.8. The van der Waals surface area contributed by atoms with Crippen molar-refractivity contribution in [1.29, 1.82) is 0 Å². The van der Waals surface area contributed by atoms with E-state index in [0.29, 0.717) is 71.9 Å². The molecular weight excluding hydrogens is 647 g/mol. The van der Waals surface area contributed by atoms with E-state index in [9.17, 15) is 9.18 Å². The van der Waals surface area contributed by atoms with Crippen LogP contribution in [0.15, 0.2) is 18.3 Å². The number of aromatic nitrogens is 4. The van der Waals surface area contributed by atoms with Gasteiger partial charge < -0.3 is 19.7 Å². The standard InChI is InChI=1S/C34H35ClF3N7O3/c1-17-8-19(17)25-22(35)10-24-21(12-40-43-24)26(25)27-23(37)9-20-29(28(27)38)41-31(47-16-33-4-2-7-45(33)13-18(36)11-33)42-30(20)44-6-3-5-34(15-44)14-39-32(46)48-34/h9-10,12,17-19H,2-8,11,13-16H2,1H3,(H,39,46)(H,40,43)/t17?,18-,19?,33+,34+/m1/s1. The molecule has 1 aliphatic carbocycles. The van der Waals surface area contributed by atoms with Crippen molar-refractivity contribution >= 4 is 45.3 Å². The lowest BCUT2D eigenvalue weighted by Crippen LogP contribution is -2.51. The number of H-pyrrole nitrogens is 1. The molecule has 0 radical (unpaired) electrons. The zero-order chi connectivity index (χ0) is 32.9. The minimum absolute atomic E-state index is 0.0489. The summed E-state index contributed by atoms with van der Waals surface area (Å²) in [6, 6.07) is 2.96. The average Bonchev–Trinajstić information content (AvgIpc) is 3.42. The first-order valence-corrected chi connectivity index (χ1v) is 17.1. The highest BCUT2D eigenvalue weighted by molar-refractivity contribution is 6.33. The lowest BCUT2D eigenvalue weighted by atomic mass is 9.91. The normalized spacial score (nSPS) is 30.0. The highest BCUT2D eigenvalue weighted by Crippen LogP contribution is 2.55. The number of ether oxygens (including phenoxy) is 2. The molecule has 1 spiro atoms. The Bertz CT molecular complexity index is 1990. The average molecular weight is 682 g/mol. The second-order valence-corrected chi connectivity index (χ2v) is 14.8. The van der Waals surface area contributed by atoms with Gasteiger partial charge in [0.15, 0.2) is 5.82 Å². The summed E-state index contributed by atoms with van der Waals surface area (Å²) in [6.07, 6.45) is 4.35. The van der Waals surface area contributed by atoms with Crippen molar-refractivity contribution in [2.24, 2.45) is 5.92 Å². The summed E-state index contributed by atoms with van der Waals surface area (Å²) in [5.41, 5.74) is 0.0130. The molecular formula is C34H35ClF3N7O3. The van der Waals surface area contributed by atoms with Crippen LogP contribution >= 0.6 is 11.6 Å². The Morgan fingerprint density at radius 3 is 2.77 bits per heavy atom. The number of alkyl halides is 1. The fraction of sp³-hybridized carbons (Fsp3) is 0.529. The number of amides is 1. The molecule has 4 aliphatic heterocycles. The third-order valence-electron chi connectivity index (χ3n) is 11.2. The van der Waals surface area contributed by atoms with Crippen molar-refractivity contribution in [2.75, 3.05) is 44.2 Å². The van der Waals surface area contributed by atoms with Gasteiger partial charge in [-0.05, 0) is 68.2 Å². The topological polar surface area (TPSA) is 108 Å². The van der Waals surface area contributed by atoms with Gasteiger partial charge in [-0.2, -0.15) is 15.1 Å². The van der Waals surface area contributed by atoms with Crippen molar-refractivity contribution < 1.29 is 27.4 Å². The fourth-order valence-corrected chi connectivity index (χ4v) is 9.13. The van der Waals surface area contributed by atoms with Crippen LogP contribution in [0.2, 0.25) is 5.02 Å². The number of hydrogen-bond acceptors (Lipinski definition) is 8. The summed E-state index contributed by atoms with van der Waals surface area (Å²) in [5, 5.41) is 11.0. The van der Waals surface area contributed by atoms with E-state index in [1.165, 1.54) is 6.07 Å². The van der Waals surface area contributed by atoms with Gasteiger partial charge >= 0.3 is 12.1 Å². The van der Waals surface area contributed by atoms with E-state index in [2.05, 4.69) is 32.3 Å². The molecule has 2 aromatic heterocycles. The van der Waals surface area contributed by atoms with Crippen LogP contribution in [-0.2, 0) is 4.74 Å². The summed E-state index contributed by atoms with van der Waals surface area (Å²) in [5.74, 6) is -0.992. The number of benzene rings is 2. The number of hydrogen-bond donors (Lipinski definition) is 2. The van der Waals surface area contributed by atoms with Crippen LogP contribution in [0, 0.1) is 17.6 Å². The number of piperidine rings is 1. The van der Waals surface area contributed by atoms with Gasteiger partial charge in [-0.15, -0.1) is 0 Å². The molecule has 2 N–H and O–H groups in total. The van der Waals surface area contributed by atoms with Crippen molar-refractivity contribution in [1.82, 2.24) is 30.4 Å². The Morgan fingerprint density at radius 2 is 1.98 bits per heavy atom. The predicted octanol–water partition coefficient (Wildman–Crippen LogP) is 6.26. The Hall–Kier alpha value is -3.84. The molecule has 5 fully saturated rings. The third-order valence-corrected chi connectivity index (χ3v) is 11.6. The van der Waals surface area contributed by atoms with Crippen LogP contribution in [-0.4, -0.2) is 87.8 Å². The van der Waals surface area contributed by atoms with Gasteiger partial charge in [-0.25, -0.2) is 18.0 Å². The van der Waals surface area contributed by atoms with Crippen molar-refractivity contribution in [2.45, 2.75) is 68.7 Å². The monoisotopic (exact) mass is 681 g/mol. The van der Waals surface area contributed by atoms with E-state index in [-0.39, 0.29) is 47.4 Å². The highest BCUT2D eigenvalue weighted by atomic mass is 35.5. The van der Waals surface area contributed by atoms with Crippen LogP contribution in [0.5, 0.6) is 6.01 Å². The number of fused-ring (bicyclic) bond motifs is 3. The third kappa shape index (κ3) is 4.71. The molecule has 2 unspecified atom stereocenters. The SMILES string of the molecule is CC1CC1c1c(Cl)cc2[nH]ncc2c1-c1c(F)cc2c(N3CCC[C@]4(CNC(=O)O4)C3)nc(OC[C@@]34CCCN3C[C@H](F)C4)nc2c1F. The molecule has 2 aromatic carbocycles. The van der Waals surface area contributed by atoms with Gasteiger partial charge in [0.1, 0.15) is 35.5 Å². The van der Waals surface area contributed by atoms with E-state index in [1.807, 2.05) is 4.90 Å². The Kier molecular flexibility index (Phi) is 6.82. The number of nitrogens with one attached hydrogen (secondary N) is 2. The number of anilines is 1. The van der Waals surface area contributed by atoms with E-state index in [1.54, 1.807) is 12.3 Å². The molecule has 5 atom stereocenters. The van der Waals surface area contributed by atoms with Gasteiger partial charge in [0.25, 0.3) is 0 Å². The minimum Gasteiger partial charge on any atom is -0.461 e. The summed E-state index contributed by atoms with van der Waals surface area (Å²) >= 11 is 6.80. The molecule has 6 heterocycles. The summed E-state index contributed by atoms with van der Waals surface area (Å²) in [4.78, 5) is 25.4. The Balaban J connectivity index is 1.21. The number of rotatable bonds is 6. The maximum absolute atomic E-state index is 17.2. The highest BCUT2D eigenvalue weighted by Gasteiger charge is 2.50. The summed E-state index contributed by atoms with van der Waals surface area (Å²) in [7, 11) is 0. The van der Waals surface area contributed by atoms with Gasteiger partial charge in [0, 0.05) is 40.9 Å². The lowest BCUT2D eigenvalue weighted by Gasteiger charge is -2.39. The zero-order valence-electron chi connectivity index (χ0n) is 26.4. The smallest absolute Gasteiger partial charge is 0.407 e. The summed E-state index contributed by atoms with van der Waals surface area (Å²) in [6.45, 7) is 4.50. The quantitative estimate of drug-likeness (QED) is 0.246. The second-order valence-electron chi connectivity index (χ2n) is 14.4. The van der Waals surface area contributed by atoms with E-state index < -0.39 is 35.0 Å².